The Balaban J connectivity index is 2.14. The third-order valence-corrected chi connectivity index (χ3v) is 2.58. The monoisotopic (exact) mass is 264 g/mol. The van der Waals surface area contributed by atoms with Gasteiger partial charge in [-0.2, -0.15) is 5.10 Å². The molecule has 1 heterocycles. The molecule has 0 amide bonds. The van der Waals surface area contributed by atoms with Crippen molar-refractivity contribution in [2.75, 3.05) is 0 Å². The number of benzene rings is 1. The van der Waals surface area contributed by atoms with Gasteiger partial charge in [0.2, 0.25) is 0 Å². The first kappa shape index (κ1) is 13.1. The van der Waals surface area contributed by atoms with E-state index in [0.29, 0.717) is 0 Å². The topological polar surface area (TPSA) is 64.3 Å². The van der Waals surface area contributed by atoms with Gasteiger partial charge in [-0.1, -0.05) is 0 Å². The van der Waals surface area contributed by atoms with Gasteiger partial charge in [-0.3, -0.25) is 4.68 Å². The van der Waals surface area contributed by atoms with E-state index in [1.807, 2.05) is 6.92 Å². The van der Waals surface area contributed by atoms with Crippen LogP contribution in [0.15, 0.2) is 30.6 Å². The van der Waals surface area contributed by atoms with Crippen LogP contribution in [-0.2, 0) is 13.2 Å². The molecule has 0 aliphatic heterocycles. The second kappa shape index (κ2) is 5.51. The average molecular weight is 264 g/mol. The van der Waals surface area contributed by atoms with Crippen LogP contribution in [0.5, 0.6) is 5.75 Å². The van der Waals surface area contributed by atoms with Crippen molar-refractivity contribution < 1.29 is 19.0 Å². The zero-order valence-corrected chi connectivity index (χ0v) is 10.3. The highest BCUT2D eigenvalue weighted by molar-refractivity contribution is 5.90. The highest BCUT2D eigenvalue weighted by atomic mass is 19.1. The summed E-state index contributed by atoms with van der Waals surface area (Å²) in [6.45, 7) is 2.83. The van der Waals surface area contributed by atoms with Gasteiger partial charge in [0.05, 0.1) is 6.20 Å². The Kier molecular flexibility index (Phi) is 3.79. The number of aromatic nitrogens is 2. The molecule has 2 rings (SSSR count). The molecule has 5 nitrogen and oxygen atoms in total. The van der Waals surface area contributed by atoms with Gasteiger partial charge in [-0.05, 0) is 19.1 Å². The molecule has 0 aliphatic rings. The van der Waals surface area contributed by atoms with Gasteiger partial charge in [-0.25, -0.2) is 9.18 Å². The number of halogens is 1. The predicted molar refractivity (Wildman–Crippen MR) is 65.6 cm³/mol. The summed E-state index contributed by atoms with van der Waals surface area (Å²) in [7, 11) is 0. The molecule has 0 atom stereocenters. The van der Waals surface area contributed by atoms with Crippen molar-refractivity contribution in [1.82, 2.24) is 9.78 Å². The van der Waals surface area contributed by atoms with E-state index >= 15 is 0 Å². The molecule has 1 aromatic carbocycles. The number of carboxylic acids is 1. The van der Waals surface area contributed by atoms with Crippen molar-refractivity contribution in [3.63, 3.8) is 0 Å². The summed E-state index contributed by atoms with van der Waals surface area (Å²) >= 11 is 0. The number of aryl methyl sites for hydroxylation is 1. The quantitative estimate of drug-likeness (QED) is 0.900. The fourth-order valence-corrected chi connectivity index (χ4v) is 1.61. The first-order valence-electron chi connectivity index (χ1n) is 5.77. The van der Waals surface area contributed by atoms with Crippen molar-refractivity contribution in [1.29, 1.82) is 0 Å². The van der Waals surface area contributed by atoms with Gasteiger partial charge in [0.1, 0.15) is 23.7 Å². The maximum atomic E-state index is 13.1. The second-order valence-electron chi connectivity index (χ2n) is 3.94. The summed E-state index contributed by atoms with van der Waals surface area (Å²) in [5, 5.41) is 13.0. The number of hydrogen-bond donors (Lipinski definition) is 1. The first-order chi connectivity index (χ1) is 9.10. The Labute approximate surface area is 109 Å². The van der Waals surface area contributed by atoms with E-state index in [1.54, 1.807) is 17.1 Å². The third kappa shape index (κ3) is 3.09. The molecule has 100 valence electrons. The van der Waals surface area contributed by atoms with Crippen molar-refractivity contribution in [2.45, 2.75) is 20.1 Å². The molecule has 1 aromatic heterocycles. The number of aromatic carboxylic acids is 1. The fraction of sp³-hybridized carbons (Fsp3) is 0.231. The van der Waals surface area contributed by atoms with Crippen LogP contribution >= 0.6 is 0 Å². The molecule has 0 unspecified atom stereocenters. The van der Waals surface area contributed by atoms with E-state index < -0.39 is 11.8 Å². The summed E-state index contributed by atoms with van der Waals surface area (Å²) in [5.74, 6) is -1.68. The molecular formula is C13H13FN2O3. The molecule has 0 aliphatic carbocycles. The van der Waals surface area contributed by atoms with Crippen LogP contribution in [0.3, 0.4) is 0 Å². The Morgan fingerprint density at radius 1 is 1.53 bits per heavy atom. The largest absolute Gasteiger partial charge is 0.488 e. The molecule has 1 N–H and O–H groups in total. The molecular weight excluding hydrogens is 251 g/mol. The van der Waals surface area contributed by atoms with Crippen molar-refractivity contribution >= 4 is 5.97 Å². The van der Waals surface area contributed by atoms with Crippen molar-refractivity contribution in [2.24, 2.45) is 0 Å². The number of carboxylic acid groups (broad SMARTS) is 1. The van der Waals surface area contributed by atoms with Crippen molar-refractivity contribution in [3.8, 4) is 5.75 Å². The number of ether oxygens (including phenoxy) is 1. The summed E-state index contributed by atoms with van der Waals surface area (Å²) in [4.78, 5) is 11.0. The van der Waals surface area contributed by atoms with Crippen LogP contribution in [0.2, 0.25) is 0 Å². The molecule has 19 heavy (non-hydrogen) atoms. The van der Waals surface area contributed by atoms with E-state index in [1.165, 1.54) is 6.07 Å². The van der Waals surface area contributed by atoms with E-state index in [2.05, 4.69) is 5.10 Å². The minimum Gasteiger partial charge on any atom is -0.488 e. The van der Waals surface area contributed by atoms with Gasteiger partial charge in [-0.15, -0.1) is 0 Å². The highest BCUT2D eigenvalue weighted by Crippen LogP contribution is 2.21. The van der Waals surface area contributed by atoms with Gasteiger partial charge in [0.15, 0.2) is 0 Å². The van der Waals surface area contributed by atoms with Gasteiger partial charge >= 0.3 is 5.97 Å². The van der Waals surface area contributed by atoms with Crippen LogP contribution < -0.4 is 4.74 Å². The zero-order chi connectivity index (χ0) is 13.8. The van der Waals surface area contributed by atoms with E-state index in [4.69, 9.17) is 9.84 Å². The molecule has 0 fully saturated rings. The van der Waals surface area contributed by atoms with Crippen LogP contribution in [0.25, 0.3) is 0 Å². The standard InChI is InChI=1S/C13H13FN2O3/c1-2-16-7-9(6-15-16)8-19-12-5-10(14)3-4-11(12)13(17)18/h3-7H,2,8H2,1H3,(H,17,18). The Hall–Kier alpha value is -2.37. The molecule has 0 bridgehead atoms. The minimum atomic E-state index is -1.15. The predicted octanol–water partition coefficient (Wildman–Crippen LogP) is 2.32. The maximum Gasteiger partial charge on any atom is 0.339 e. The summed E-state index contributed by atoms with van der Waals surface area (Å²) in [6.07, 6.45) is 3.42. The Bertz CT molecular complexity index is 595. The van der Waals surface area contributed by atoms with Crippen LogP contribution in [0.4, 0.5) is 4.39 Å². The number of carbonyl (C=O) groups is 1. The lowest BCUT2D eigenvalue weighted by atomic mass is 10.2. The van der Waals surface area contributed by atoms with E-state index in [-0.39, 0.29) is 17.9 Å². The van der Waals surface area contributed by atoms with Crippen LogP contribution in [0, 0.1) is 5.82 Å². The molecule has 6 heteroatoms. The van der Waals surface area contributed by atoms with Crippen LogP contribution in [-0.4, -0.2) is 20.9 Å². The first-order valence-corrected chi connectivity index (χ1v) is 5.77. The second-order valence-corrected chi connectivity index (χ2v) is 3.94. The Morgan fingerprint density at radius 3 is 2.95 bits per heavy atom. The lowest BCUT2D eigenvalue weighted by molar-refractivity contribution is 0.0691. The van der Waals surface area contributed by atoms with E-state index in [9.17, 15) is 9.18 Å². The lowest BCUT2D eigenvalue weighted by Gasteiger charge is -2.08. The summed E-state index contributed by atoms with van der Waals surface area (Å²) < 4.78 is 20.2. The molecule has 0 spiro atoms. The number of hydrogen-bond acceptors (Lipinski definition) is 3. The number of nitrogens with zero attached hydrogens (tertiary/aromatic N) is 2. The van der Waals surface area contributed by atoms with Crippen LogP contribution in [0.1, 0.15) is 22.8 Å². The maximum absolute atomic E-state index is 13.1. The van der Waals surface area contributed by atoms with Gasteiger partial charge < -0.3 is 9.84 Å². The SMILES string of the molecule is CCn1cc(COc2cc(F)ccc2C(=O)O)cn1. The van der Waals surface area contributed by atoms with Gasteiger partial charge in [0, 0.05) is 24.4 Å². The molecule has 0 radical (unpaired) electrons. The highest BCUT2D eigenvalue weighted by Gasteiger charge is 2.12. The minimum absolute atomic E-state index is 0.0109. The molecule has 0 saturated carbocycles. The fourth-order valence-electron chi connectivity index (χ4n) is 1.61. The lowest BCUT2D eigenvalue weighted by Crippen LogP contribution is -2.03. The molecule has 0 saturated heterocycles. The smallest absolute Gasteiger partial charge is 0.339 e. The average Bonchev–Trinajstić information content (AvgIpc) is 2.84. The third-order valence-electron chi connectivity index (χ3n) is 2.58. The van der Waals surface area contributed by atoms with E-state index in [0.717, 1.165) is 24.2 Å². The zero-order valence-electron chi connectivity index (χ0n) is 10.3. The molecule has 2 aromatic rings. The normalized spacial score (nSPS) is 10.4. The summed E-state index contributed by atoms with van der Waals surface area (Å²) in [5.41, 5.74) is 0.728. The van der Waals surface area contributed by atoms with Gasteiger partial charge in [0.25, 0.3) is 0 Å². The number of rotatable bonds is 5. The van der Waals surface area contributed by atoms with Crippen molar-refractivity contribution in [3.05, 3.63) is 47.5 Å². The summed E-state index contributed by atoms with van der Waals surface area (Å²) in [6, 6.07) is 3.33. The Morgan fingerprint density at radius 2 is 2.32 bits per heavy atom.